The van der Waals surface area contributed by atoms with Crippen molar-refractivity contribution in [2.75, 3.05) is 13.7 Å². The first-order valence-electron chi connectivity index (χ1n) is 6.09. The van der Waals surface area contributed by atoms with Gasteiger partial charge < -0.3 is 15.2 Å². The summed E-state index contributed by atoms with van der Waals surface area (Å²) in [5, 5.41) is 10.8. The standard InChI is InChI=1S/C14H12IN3O5/c1-22-12(19)7-23-11-3-2-8(5-10(11)15)4-9(6-16)13(20)18-14(17)21/h2-5H,7H2,1H3,(H3,17,18,20,21)/b9-4-. The van der Waals surface area contributed by atoms with Gasteiger partial charge in [0.25, 0.3) is 5.91 Å². The molecule has 0 aliphatic carbocycles. The molecule has 3 N–H and O–H groups in total. The molecule has 8 nitrogen and oxygen atoms in total. The fraction of sp³-hybridized carbons (Fsp3) is 0.143. The third-order valence-corrected chi connectivity index (χ3v) is 3.28. The summed E-state index contributed by atoms with van der Waals surface area (Å²) >= 11 is 1.98. The van der Waals surface area contributed by atoms with Gasteiger partial charge in [0.1, 0.15) is 17.4 Å². The molecule has 1 aromatic rings. The Bertz CT molecular complexity index is 709. The van der Waals surface area contributed by atoms with Crippen LogP contribution in [0.25, 0.3) is 6.08 Å². The molecule has 120 valence electrons. The summed E-state index contributed by atoms with van der Waals surface area (Å²) in [4.78, 5) is 33.2. The summed E-state index contributed by atoms with van der Waals surface area (Å²) in [7, 11) is 1.26. The summed E-state index contributed by atoms with van der Waals surface area (Å²) in [6, 6.07) is 5.45. The van der Waals surface area contributed by atoms with E-state index in [-0.39, 0.29) is 12.2 Å². The Morgan fingerprint density at radius 3 is 2.65 bits per heavy atom. The van der Waals surface area contributed by atoms with Crippen molar-refractivity contribution >= 4 is 46.6 Å². The highest BCUT2D eigenvalue weighted by Crippen LogP contribution is 2.23. The maximum atomic E-state index is 11.6. The molecule has 1 aromatic carbocycles. The van der Waals surface area contributed by atoms with Crippen molar-refractivity contribution < 1.29 is 23.9 Å². The zero-order valence-electron chi connectivity index (χ0n) is 12.0. The SMILES string of the molecule is COC(=O)COc1ccc(/C=C(/C#N)C(=O)NC(N)=O)cc1I. The fourth-order valence-corrected chi connectivity index (χ4v) is 2.11. The van der Waals surface area contributed by atoms with Crippen molar-refractivity contribution in [2.45, 2.75) is 0 Å². The number of halogens is 1. The average Bonchev–Trinajstić information content (AvgIpc) is 2.50. The lowest BCUT2D eigenvalue weighted by Crippen LogP contribution is -2.35. The van der Waals surface area contributed by atoms with Crippen LogP contribution in [0.15, 0.2) is 23.8 Å². The van der Waals surface area contributed by atoms with E-state index < -0.39 is 17.9 Å². The van der Waals surface area contributed by atoms with Crippen LogP contribution in [0.2, 0.25) is 0 Å². The Hall–Kier alpha value is -2.61. The van der Waals surface area contributed by atoms with E-state index in [0.717, 1.165) is 0 Å². The number of nitrogens with one attached hydrogen (secondary N) is 1. The van der Waals surface area contributed by atoms with Crippen LogP contribution in [0.5, 0.6) is 5.75 Å². The minimum Gasteiger partial charge on any atom is -0.481 e. The first-order valence-corrected chi connectivity index (χ1v) is 7.17. The van der Waals surface area contributed by atoms with Crippen molar-refractivity contribution in [3.63, 3.8) is 0 Å². The van der Waals surface area contributed by atoms with Crippen molar-refractivity contribution in [2.24, 2.45) is 5.73 Å². The normalized spacial score (nSPS) is 10.4. The van der Waals surface area contributed by atoms with E-state index >= 15 is 0 Å². The minimum atomic E-state index is -1.04. The predicted octanol–water partition coefficient (Wildman–Crippen LogP) is 0.945. The molecular formula is C14H12IN3O5. The number of rotatable bonds is 5. The highest BCUT2D eigenvalue weighted by Gasteiger charge is 2.12. The van der Waals surface area contributed by atoms with Crippen LogP contribution in [0.1, 0.15) is 5.56 Å². The summed E-state index contributed by atoms with van der Waals surface area (Å²) in [5.41, 5.74) is 5.09. The number of urea groups is 1. The van der Waals surface area contributed by atoms with Crippen LogP contribution in [0, 0.1) is 14.9 Å². The smallest absolute Gasteiger partial charge is 0.343 e. The van der Waals surface area contributed by atoms with E-state index in [0.29, 0.717) is 14.9 Å². The lowest BCUT2D eigenvalue weighted by molar-refractivity contribution is -0.142. The van der Waals surface area contributed by atoms with Crippen molar-refractivity contribution in [3.05, 3.63) is 32.9 Å². The average molecular weight is 429 g/mol. The minimum absolute atomic E-state index is 0.230. The highest BCUT2D eigenvalue weighted by atomic mass is 127. The van der Waals surface area contributed by atoms with Crippen molar-refractivity contribution in [1.82, 2.24) is 5.32 Å². The maximum absolute atomic E-state index is 11.6. The zero-order chi connectivity index (χ0) is 17.4. The van der Waals surface area contributed by atoms with Gasteiger partial charge in [0.15, 0.2) is 6.61 Å². The molecule has 0 unspecified atom stereocenters. The summed E-state index contributed by atoms with van der Waals surface area (Å²) < 4.78 is 10.4. The summed E-state index contributed by atoms with van der Waals surface area (Å²) in [6.45, 7) is -0.230. The van der Waals surface area contributed by atoms with Gasteiger partial charge in [0.05, 0.1) is 10.7 Å². The van der Waals surface area contributed by atoms with Gasteiger partial charge in [-0.05, 0) is 46.4 Å². The Kier molecular flexibility index (Phi) is 7.01. The van der Waals surface area contributed by atoms with Gasteiger partial charge in [-0.1, -0.05) is 6.07 Å². The number of amides is 3. The van der Waals surface area contributed by atoms with Crippen LogP contribution in [0.3, 0.4) is 0 Å². The first-order chi connectivity index (χ1) is 10.9. The monoisotopic (exact) mass is 429 g/mol. The molecule has 0 aliphatic rings. The maximum Gasteiger partial charge on any atom is 0.343 e. The van der Waals surface area contributed by atoms with Crippen LogP contribution in [-0.4, -0.2) is 31.6 Å². The first kappa shape index (κ1) is 18.4. The number of nitrogens with two attached hydrogens (primary N) is 1. The van der Waals surface area contributed by atoms with E-state index in [1.807, 2.05) is 27.9 Å². The number of benzene rings is 1. The molecular weight excluding hydrogens is 417 g/mol. The quantitative estimate of drug-likeness (QED) is 0.310. The van der Waals surface area contributed by atoms with E-state index in [9.17, 15) is 14.4 Å². The Balaban J connectivity index is 2.93. The number of carbonyl (C=O) groups is 3. The number of primary amides is 1. The van der Waals surface area contributed by atoms with E-state index in [1.165, 1.54) is 13.2 Å². The summed E-state index contributed by atoms with van der Waals surface area (Å²) in [5.74, 6) is -0.950. The summed E-state index contributed by atoms with van der Waals surface area (Å²) in [6.07, 6.45) is 1.30. The van der Waals surface area contributed by atoms with Crippen LogP contribution >= 0.6 is 22.6 Å². The molecule has 9 heteroatoms. The lowest BCUT2D eigenvalue weighted by Gasteiger charge is -2.07. The number of esters is 1. The second kappa shape index (κ2) is 8.74. The van der Waals surface area contributed by atoms with E-state index in [2.05, 4.69) is 4.74 Å². The number of ether oxygens (including phenoxy) is 2. The molecule has 0 atom stereocenters. The molecule has 0 heterocycles. The van der Waals surface area contributed by atoms with Crippen LogP contribution in [0.4, 0.5) is 4.79 Å². The molecule has 23 heavy (non-hydrogen) atoms. The van der Waals surface area contributed by atoms with Crippen molar-refractivity contribution in [3.8, 4) is 11.8 Å². The van der Waals surface area contributed by atoms with Crippen LogP contribution < -0.4 is 15.8 Å². The topological polar surface area (TPSA) is 132 Å². The molecule has 0 saturated heterocycles. The van der Waals surface area contributed by atoms with E-state index in [1.54, 1.807) is 24.3 Å². The van der Waals surface area contributed by atoms with Gasteiger partial charge in [-0.15, -0.1) is 0 Å². The molecule has 3 amide bonds. The fourth-order valence-electron chi connectivity index (χ4n) is 1.41. The number of nitrogens with zero attached hydrogens (tertiary/aromatic N) is 1. The second-order valence-electron chi connectivity index (χ2n) is 4.04. The Labute approximate surface area is 145 Å². The van der Waals surface area contributed by atoms with Crippen molar-refractivity contribution in [1.29, 1.82) is 5.26 Å². The lowest BCUT2D eigenvalue weighted by atomic mass is 10.1. The molecule has 0 aromatic heterocycles. The number of imide groups is 1. The van der Waals surface area contributed by atoms with Gasteiger partial charge >= 0.3 is 12.0 Å². The predicted molar refractivity (Wildman–Crippen MR) is 88.0 cm³/mol. The van der Waals surface area contributed by atoms with Gasteiger partial charge in [0, 0.05) is 0 Å². The van der Waals surface area contributed by atoms with Gasteiger partial charge in [-0.2, -0.15) is 5.26 Å². The molecule has 0 radical (unpaired) electrons. The number of carbonyl (C=O) groups excluding carboxylic acids is 3. The molecule has 0 fully saturated rings. The van der Waals surface area contributed by atoms with Gasteiger partial charge in [-0.3, -0.25) is 10.1 Å². The largest absolute Gasteiger partial charge is 0.481 e. The molecule has 0 spiro atoms. The Morgan fingerprint density at radius 1 is 1.43 bits per heavy atom. The molecule has 1 rings (SSSR count). The number of methoxy groups -OCH3 is 1. The highest BCUT2D eigenvalue weighted by molar-refractivity contribution is 14.1. The zero-order valence-corrected chi connectivity index (χ0v) is 14.1. The molecule has 0 bridgehead atoms. The third kappa shape index (κ3) is 5.95. The van der Waals surface area contributed by atoms with Crippen LogP contribution in [-0.2, 0) is 14.3 Å². The Morgan fingerprint density at radius 2 is 2.13 bits per heavy atom. The number of hydrogen-bond acceptors (Lipinski definition) is 6. The van der Waals surface area contributed by atoms with E-state index in [4.69, 9.17) is 15.7 Å². The molecule has 0 aliphatic heterocycles. The second-order valence-corrected chi connectivity index (χ2v) is 5.21. The van der Waals surface area contributed by atoms with Gasteiger partial charge in [-0.25, -0.2) is 9.59 Å². The number of hydrogen-bond donors (Lipinski definition) is 2. The van der Waals surface area contributed by atoms with Gasteiger partial charge in [0.2, 0.25) is 0 Å². The third-order valence-electron chi connectivity index (χ3n) is 2.44. The molecule has 0 saturated carbocycles. The number of nitriles is 1.